The molecule has 1 aromatic rings. The standard InChI is InChI=1S/C15H14N2O4/c1-11(10-18)6-7-15(8-9-17(20)21)12-4-2-3-5-13(12)16-14(15)19/h2-6,8-10H,7H2,1H3,(H,16,19)/b9-8+,11-6+/t15-/m0/s1. The summed E-state index contributed by atoms with van der Waals surface area (Å²) in [5.41, 5.74) is 0.616. The summed E-state index contributed by atoms with van der Waals surface area (Å²) >= 11 is 0. The van der Waals surface area contributed by atoms with E-state index in [9.17, 15) is 19.7 Å². The van der Waals surface area contributed by atoms with Crippen molar-refractivity contribution >= 4 is 17.9 Å². The van der Waals surface area contributed by atoms with E-state index in [-0.39, 0.29) is 12.3 Å². The van der Waals surface area contributed by atoms with Gasteiger partial charge in [0, 0.05) is 11.8 Å². The van der Waals surface area contributed by atoms with E-state index in [1.54, 1.807) is 37.3 Å². The van der Waals surface area contributed by atoms with Crippen LogP contribution in [0.5, 0.6) is 0 Å². The second-order valence-electron chi connectivity index (χ2n) is 4.84. The van der Waals surface area contributed by atoms with Gasteiger partial charge in [-0.1, -0.05) is 24.3 Å². The van der Waals surface area contributed by atoms with Crippen LogP contribution in [0.1, 0.15) is 18.9 Å². The molecule has 0 unspecified atom stereocenters. The lowest BCUT2D eigenvalue weighted by Gasteiger charge is -2.21. The molecular formula is C15H14N2O4. The van der Waals surface area contributed by atoms with Gasteiger partial charge in [0.15, 0.2) is 0 Å². The molecule has 1 aromatic carbocycles. The summed E-state index contributed by atoms with van der Waals surface area (Å²) < 4.78 is 0. The number of nitrogens with one attached hydrogen (secondary N) is 1. The Morgan fingerprint density at radius 1 is 1.43 bits per heavy atom. The maximum atomic E-state index is 12.4. The van der Waals surface area contributed by atoms with Gasteiger partial charge < -0.3 is 5.32 Å². The number of benzene rings is 1. The third kappa shape index (κ3) is 2.74. The normalized spacial score (nSPS) is 21.2. The Labute approximate surface area is 121 Å². The maximum Gasteiger partial charge on any atom is 0.239 e. The first-order chi connectivity index (χ1) is 9.99. The molecule has 1 aliphatic rings. The molecule has 6 heteroatoms. The molecule has 1 atom stereocenters. The van der Waals surface area contributed by atoms with Gasteiger partial charge >= 0.3 is 0 Å². The van der Waals surface area contributed by atoms with Gasteiger partial charge in [0.05, 0.1) is 4.92 Å². The number of hydrogen-bond donors (Lipinski definition) is 1. The van der Waals surface area contributed by atoms with Gasteiger partial charge in [-0.2, -0.15) is 0 Å². The molecule has 1 aliphatic heterocycles. The number of nitrogens with zero attached hydrogens (tertiary/aromatic N) is 1. The molecule has 1 N–H and O–H groups in total. The molecule has 0 fully saturated rings. The fourth-order valence-corrected chi connectivity index (χ4v) is 2.33. The Kier molecular flexibility index (Phi) is 3.98. The maximum absolute atomic E-state index is 12.4. The molecule has 0 aliphatic carbocycles. The SMILES string of the molecule is C/C(C=O)=C\C[C@@]1(/C=C/[N+](=O)[O-])C(=O)Nc2ccccc21. The van der Waals surface area contributed by atoms with Gasteiger partial charge in [-0.25, -0.2) is 0 Å². The van der Waals surface area contributed by atoms with E-state index in [1.807, 2.05) is 0 Å². The Bertz CT molecular complexity index is 663. The van der Waals surface area contributed by atoms with Crippen LogP contribution >= 0.6 is 0 Å². The van der Waals surface area contributed by atoms with Crippen molar-refractivity contribution in [3.8, 4) is 0 Å². The van der Waals surface area contributed by atoms with Crippen LogP contribution in [-0.4, -0.2) is 17.1 Å². The van der Waals surface area contributed by atoms with Crippen LogP contribution in [0.3, 0.4) is 0 Å². The minimum Gasteiger partial charge on any atom is -0.325 e. The van der Waals surface area contributed by atoms with E-state index in [1.165, 1.54) is 6.08 Å². The average molecular weight is 286 g/mol. The lowest BCUT2D eigenvalue weighted by Crippen LogP contribution is -2.32. The minimum absolute atomic E-state index is 0.185. The molecule has 0 saturated heterocycles. The second-order valence-corrected chi connectivity index (χ2v) is 4.84. The predicted molar refractivity (Wildman–Crippen MR) is 77.3 cm³/mol. The van der Waals surface area contributed by atoms with Crippen molar-refractivity contribution in [3.63, 3.8) is 0 Å². The van der Waals surface area contributed by atoms with Crippen LogP contribution in [0.2, 0.25) is 0 Å². The highest BCUT2D eigenvalue weighted by Gasteiger charge is 2.44. The summed E-state index contributed by atoms with van der Waals surface area (Å²) in [7, 11) is 0. The lowest BCUT2D eigenvalue weighted by molar-refractivity contribution is -0.402. The molecule has 0 radical (unpaired) electrons. The molecule has 1 amide bonds. The number of para-hydroxylation sites is 1. The highest BCUT2D eigenvalue weighted by atomic mass is 16.6. The molecule has 0 aromatic heterocycles. The van der Waals surface area contributed by atoms with Gasteiger partial charge in [-0.3, -0.25) is 19.7 Å². The van der Waals surface area contributed by atoms with Crippen LogP contribution in [-0.2, 0) is 15.0 Å². The zero-order valence-corrected chi connectivity index (χ0v) is 11.4. The van der Waals surface area contributed by atoms with Crippen LogP contribution in [0.15, 0.2) is 48.2 Å². The van der Waals surface area contributed by atoms with E-state index < -0.39 is 10.3 Å². The van der Waals surface area contributed by atoms with Crippen molar-refractivity contribution in [2.75, 3.05) is 5.32 Å². The van der Waals surface area contributed by atoms with Gasteiger partial charge in [0.25, 0.3) is 0 Å². The quantitative estimate of drug-likeness (QED) is 0.389. The molecule has 1 heterocycles. The van der Waals surface area contributed by atoms with Crippen molar-refractivity contribution in [2.45, 2.75) is 18.8 Å². The van der Waals surface area contributed by atoms with Crippen LogP contribution in [0, 0.1) is 10.1 Å². The Morgan fingerprint density at radius 2 is 2.14 bits per heavy atom. The van der Waals surface area contributed by atoms with Gasteiger partial charge in [-0.15, -0.1) is 0 Å². The molecule has 0 spiro atoms. The van der Waals surface area contributed by atoms with E-state index in [0.717, 1.165) is 6.20 Å². The average Bonchev–Trinajstić information content (AvgIpc) is 2.75. The fourth-order valence-electron chi connectivity index (χ4n) is 2.33. The molecule has 108 valence electrons. The van der Waals surface area contributed by atoms with Crippen LogP contribution < -0.4 is 5.32 Å². The van der Waals surface area contributed by atoms with Gasteiger partial charge in [-0.05, 0) is 30.5 Å². The van der Waals surface area contributed by atoms with Crippen LogP contribution in [0.4, 0.5) is 5.69 Å². The fraction of sp³-hybridized carbons (Fsp3) is 0.200. The third-order valence-electron chi connectivity index (χ3n) is 3.47. The van der Waals surface area contributed by atoms with Crippen molar-refractivity contribution in [3.05, 3.63) is 63.9 Å². The summed E-state index contributed by atoms with van der Waals surface area (Å²) in [6, 6.07) is 7.04. The Balaban J connectivity index is 2.53. The number of anilines is 1. The van der Waals surface area contributed by atoms with E-state index >= 15 is 0 Å². The number of allylic oxidation sites excluding steroid dienone is 2. The molecular weight excluding hydrogens is 272 g/mol. The van der Waals surface area contributed by atoms with Crippen molar-refractivity contribution < 1.29 is 14.5 Å². The zero-order chi connectivity index (χ0) is 15.5. The summed E-state index contributed by atoms with van der Waals surface area (Å²) in [6.45, 7) is 1.62. The van der Waals surface area contributed by atoms with E-state index in [2.05, 4.69) is 5.32 Å². The molecule has 21 heavy (non-hydrogen) atoms. The zero-order valence-electron chi connectivity index (χ0n) is 11.4. The van der Waals surface area contributed by atoms with Crippen molar-refractivity contribution in [2.24, 2.45) is 0 Å². The first-order valence-electron chi connectivity index (χ1n) is 6.35. The number of rotatable bonds is 5. The number of carbonyl (C=O) groups excluding carboxylic acids is 2. The minimum atomic E-state index is -1.16. The van der Waals surface area contributed by atoms with Crippen molar-refractivity contribution in [1.29, 1.82) is 0 Å². The van der Waals surface area contributed by atoms with Crippen LogP contribution in [0.25, 0.3) is 0 Å². The number of fused-ring (bicyclic) bond motifs is 1. The highest BCUT2D eigenvalue weighted by molar-refractivity contribution is 6.07. The summed E-state index contributed by atoms with van der Waals surface area (Å²) in [5.74, 6) is -0.336. The lowest BCUT2D eigenvalue weighted by atomic mass is 9.78. The summed E-state index contributed by atoms with van der Waals surface area (Å²) in [6.07, 6.45) is 4.53. The number of carbonyl (C=O) groups is 2. The number of aldehydes is 1. The van der Waals surface area contributed by atoms with Gasteiger partial charge in [0.1, 0.15) is 11.7 Å². The molecule has 2 rings (SSSR count). The monoisotopic (exact) mass is 286 g/mol. The Morgan fingerprint density at radius 3 is 2.81 bits per heavy atom. The molecule has 6 nitrogen and oxygen atoms in total. The Hall–Kier alpha value is -2.76. The summed E-state index contributed by atoms with van der Waals surface area (Å²) in [4.78, 5) is 33.1. The predicted octanol–water partition coefficient (Wildman–Crippen LogP) is 2.20. The third-order valence-corrected chi connectivity index (χ3v) is 3.47. The number of nitro groups is 1. The molecule has 0 saturated carbocycles. The molecule has 0 bridgehead atoms. The first kappa shape index (κ1) is 14.6. The highest BCUT2D eigenvalue weighted by Crippen LogP contribution is 2.41. The first-order valence-corrected chi connectivity index (χ1v) is 6.35. The smallest absolute Gasteiger partial charge is 0.239 e. The van der Waals surface area contributed by atoms with Gasteiger partial charge in [0.2, 0.25) is 12.1 Å². The largest absolute Gasteiger partial charge is 0.325 e. The van der Waals surface area contributed by atoms with E-state index in [0.29, 0.717) is 23.1 Å². The summed E-state index contributed by atoms with van der Waals surface area (Å²) in [5, 5.41) is 13.4. The van der Waals surface area contributed by atoms with E-state index in [4.69, 9.17) is 0 Å². The number of hydrogen-bond acceptors (Lipinski definition) is 4. The number of amides is 1. The topological polar surface area (TPSA) is 89.3 Å². The van der Waals surface area contributed by atoms with Crippen molar-refractivity contribution in [1.82, 2.24) is 0 Å². The second kappa shape index (κ2) is 5.70.